The Hall–Kier alpha value is -1.01. The molecule has 18 heavy (non-hydrogen) atoms. The highest BCUT2D eigenvalue weighted by atomic mass is 19.1. The van der Waals surface area contributed by atoms with Gasteiger partial charge in [-0.05, 0) is 17.7 Å². The molecule has 0 amide bonds. The Bertz CT molecular complexity index is 399. The lowest BCUT2D eigenvalue weighted by atomic mass is 10.0. The number of fused-ring (bicyclic) bond motifs is 1. The van der Waals surface area contributed by atoms with E-state index in [1.807, 2.05) is 0 Å². The molecule has 0 radical (unpaired) electrons. The van der Waals surface area contributed by atoms with Crippen LogP contribution in [0.5, 0.6) is 0 Å². The number of hydrogen-bond donors (Lipinski definition) is 0. The summed E-state index contributed by atoms with van der Waals surface area (Å²) in [6.45, 7) is 3.58. The Labute approximate surface area is 105 Å². The second-order valence-electron chi connectivity index (χ2n) is 4.84. The van der Waals surface area contributed by atoms with E-state index in [1.54, 1.807) is 12.1 Å². The number of ether oxygens (including phenoxy) is 3. The summed E-state index contributed by atoms with van der Waals surface area (Å²) in [5, 5.41) is 0. The molecule has 3 rings (SSSR count). The maximum absolute atomic E-state index is 12.7. The van der Waals surface area contributed by atoms with Crippen molar-refractivity contribution < 1.29 is 18.6 Å². The zero-order chi connectivity index (χ0) is 12.4. The SMILES string of the molecule is Fc1ccc(COCC23COCN2COC3)cc1. The van der Waals surface area contributed by atoms with Crippen LogP contribution in [0.3, 0.4) is 0 Å². The second-order valence-corrected chi connectivity index (χ2v) is 4.84. The van der Waals surface area contributed by atoms with Crippen molar-refractivity contribution in [1.29, 1.82) is 0 Å². The van der Waals surface area contributed by atoms with Gasteiger partial charge in [0, 0.05) is 0 Å². The molecule has 4 nitrogen and oxygen atoms in total. The normalized spacial score (nSPS) is 22.3. The Kier molecular flexibility index (Phi) is 3.30. The van der Waals surface area contributed by atoms with Crippen LogP contribution in [0, 0.1) is 5.82 Å². The lowest BCUT2D eigenvalue weighted by molar-refractivity contribution is 0.0355. The number of halogens is 1. The van der Waals surface area contributed by atoms with Crippen LogP contribution < -0.4 is 0 Å². The summed E-state index contributed by atoms with van der Waals surface area (Å²) in [5.41, 5.74) is 0.845. The van der Waals surface area contributed by atoms with Gasteiger partial charge in [0.25, 0.3) is 0 Å². The maximum atomic E-state index is 12.7. The smallest absolute Gasteiger partial charge is 0.123 e. The van der Waals surface area contributed by atoms with E-state index in [9.17, 15) is 4.39 Å². The average molecular weight is 253 g/mol. The van der Waals surface area contributed by atoms with Gasteiger partial charge in [0.05, 0.1) is 32.0 Å². The molecule has 0 N–H and O–H groups in total. The molecular weight excluding hydrogens is 237 g/mol. The van der Waals surface area contributed by atoms with Crippen molar-refractivity contribution >= 4 is 0 Å². The zero-order valence-electron chi connectivity index (χ0n) is 10.1. The fraction of sp³-hybridized carbons (Fsp3) is 0.538. The van der Waals surface area contributed by atoms with Gasteiger partial charge in [0.15, 0.2) is 0 Å². The third-order valence-corrected chi connectivity index (χ3v) is 3.46. The van der Waals surface area contributed by atoms with Crippen LogP contribution in [-0.2, 0) is 20.8 Å². The summed E-state index contributed by atoms with van der Waals surface area (Å²) in [5.74, 6) is -0.225. The first-order chi connectivity index (χ1) is 8.78. The monoisotopic (exact) mass is 253 g/mol. The first-order valence-electron chi connectivity index (χ1n) is 6.01. The molecule has 2 aliphatic rings. The highest BCUT2D eigenvalue weighted by molar-refractivity contribution is 5.15. The van der Waals surface area contributed by atoms with Crippen LogP contribution in [0.2, 0.25) is 0 Å². The van der Waals surface area contributed by atoms with Gasteiger partial charge in [-0.25, -0.2) is 9.29 Å². The summed E-state index contributed by atoms with van der Waals surface area (Å²) in [7, 11) is 0. The number of nitrogens with zero attached hydrogens (tertiary/aromatic N) is 1. The Morgan fingerprint density at radius 3 is 2.50 bits per heavy atom. The Morgan fingerprint density at radius 1 is 1.17 bits per heavy atom. The Balaban J connectivity index is 1.54. The van der Waals surface area contributed by atoms with Crippen molar-refractivity contribution in [3.63, 3.8) is 0 Å². The van der Waals surface area contributed by atoms with Crippen molar-refractivity contribution in [3.05, 3.63) is 35.6 Å². The van der Waals surface area contributed by atoms with Crippen LogP contribution >= 0.6 is 0 Å². The van der Waals surface area contributed by atoms with E-state index in [-0.39, 0.29) is 11.4 Å². The van der Waals surface area contributed by atoms with Gasteiger partial charge in [-0.1, -0.05) is 12.1 Å². The van der Waals surface area contributed by atoms with Gasteiger partial charge >= 0.3 is 0 Å². The largest absolute Gasteiger partial charge is 0.375 e. The van der Waals surface area contributed by atoms with Crippen LogP contribution in [0.25, 0.3) is 0 Å². The van der Waals surface area contributed by atoms with Gasteiger partial charge < -0.3 is 14.2 Å². The van der Waals surface area contributed by atoms with Crippen LogP contribution in [0.15, 0.2) is 24.3 Å². The second kappa shape index (κ2) is 4.93. The first kappa shape index (κ1) is 12.0. The third kappa shape index (κ3) is 2.27. The zero-order valence-corrected chi connectivity index (χ0v) is 10.1. The minimum Gasteiger partial charge on any atom is -0.375 e. The number of benzene rings is 1. The van der Waals surface area contributed by atoms with E-state index in [2.05, 4.69) is 4.90 Å². The number of rotatable bonds is 4. The molecule has 0 aliphatic carbocycles. The standard InChI is InChI=1S/C13H16FNO3/c14-12-3-1-11(2-4-12)5-16-6-13-7-17-9-15(13)10-18-8-13/h1-4H,5-10H2. The maximum Gasteiger partial charge on any atom is 0.123 e. The topological polar surface area (TPSA) is 30.9 Å². The summed E-state index contributed by atoms with van der Waals surface area (Å²) in [6, 6.07) is 6.36. The highest BCUT2D eigenvalue weighted by Crippen LogP contribution is 2.28. The van der Waals surface area contributed by atoms with Gasteiger partial charge in [-0.3, -0.25) is 0 Å². The molecule has 2 aliphatic heterocycles. The summed E-state index contributed by atoms with van der Waals surface area (Å²) in [6.07, 6.45) is 0. The molecule has 0 spiro atoms. The van der Waals surface area contributed by atoms with Crippen LogP contribution in [0.4, 0.5) is 4.39 Å². The summed E-state index contributed by atoms with van der Waals surface area (Å²) < 4.78 is 29.4. The van der Waals surface area contributed by atoms with Crippen molar-refractivity contribution in [2.24, 2.45) is 0 Å². The van der Waals surface area contributed by atoms with Gasteiger partial charge in [-0.2, -0.15) is 0 Å². The van der Waals surface area contributed by atoms with Gasteiger partial charge in [0.2, 0.25) is 0 Å². The van der Waals surface area contributed by atoms with E-state index < -0.39 is 0 Å². The molecule has 0 saturated carbocycles. The van der Waals surface area contributed by atoms with Crippen LogP contribution in [-0.4, -0.2) is 43.7 Å². The predicted molar refractivity (Wildman–Crippen MR) is 62.3 cm³/mol. The fourth-order valence-electron chi connectivity index (χ4n) is 2.34. The van der Waals surface area contributed by atoms with E-state index in [1.165, 1.54) is 12.1 Å². The molecule has 0 aromatic heterocycles. The van der Waals surface area contributed by atoms with Gasteiger partial charge in [-0.15, -0.1) is 0 Å². The molecule has 1 aromatic rings. The van der Waals surface area contributed by atoms with Crippen LogP contribution in [0.1, 0.15) is 5.56 Å². The molecular formula is C13H16FNO3. The summed E-state index contributed by atoms with van der Waals surface area (Å²) >= 11 is 0. The summed E-state index contributed by atoms with van der Waals surface area (Å²) in [4.78, 5) is 2.15. The van der Waals surface area contributed by atoms with E-state index in [0.29, 0.717) is 39.9 Å². The van der Waals surface area contributed by atoms with Gasteiger partial charge in [0.1, 0.15) is 19.3 Å². The number of hydrogen-bond acceptors (Lipinski definition) is 4. The van der Waals surface area contributed by atoms with Crippen molar-refractivity contribution in [2.75, 3.05) is 33.3 Å². The quantitative estimate of drug-likeness (QED) is 0.810. The van der Waals surface area contributed by atoms with Crippen molar-refractivity contribution in [1.82, 2.24) is 4.90 Å². The first-order valence-corrected chi connectivity index (χ1v) is 6.01. The minimum absolute atomic E-state index is 0.125. The predicted octanol–water partition coefficient (Wildman–Crippen LogP) is 1.36. The third-order valence-electron chi connectivity index (χ3n) is 3.46. The Morgan fingerprint density at radius 2 is 1.83 bits per heavy atom. The average Bonchev–Trinajstić information content (AvgIpc) is 2.91. The molecule has 2 fully saturated rings. The van der Waals surface area contributed by atoms with Crippen molar-refractivity contribution in [3.8, 4) is 0 Å². The molecule has 1 aromatic carbocycles. The highest BCUT2D eigenvalue weighted by Gasteiger charge is 2.46. The van der Waals surface area contributed by atoms with E-state index in [0.717, 1.165) is 5.56 Å². The molecule has 0 unspecified atom stereocenters. The lowest BCUT2D eigenvalue weighted by Crippen LogP contribution is -2.47. The molecule has 2 saturated heterocycles. The molecule has 5 heteroatoms. The van der Waals surface area contributed by atoms with E-state index >= 15 is 0 Å². The lowest BCUT2D eigenvalue weighted by Gasteiger charge is -2.26. The molecule has 98 valence electrons. The fourth-order valence-corrected chi connectivity index (χ4v) is 2.34. The minimum atomic E-state index is -0.225. The molecule has 2 heterocycles. The van der Waals surface area contributed by atoms with E-state index in [4.69, 9.17) is 14.2 Å². The molecule has 0 atom stereocenters. The van der Waals surface area contributed by atoms with Crippen molar-refractivity contribution in [2.45, 2.75) is 12.1 Å². The molecule has 0 bridgehead atoms.